The molecule has 482 valence electrons. The summed E-state index contributed by atoms with van der Waals surface area (Å²) in [6, 6.07) is 0. The summed E-state index contributed by atoms with van der Waals surface area (Å²) >= 11 is 0. The minimum Gasteiger partial charge on any atom is -0.462 e. The number of ether oxygens (including phenoxy) is 3. The lowest BCUT2D eigenvalue weighted by atomic mass is 10.0. The standard InChI is InChI=1S/C76H142O6/c1-4-7-10-13-15-17-19-21-23-25-27-29-31-33-34-35-36-37-38-39-40-41-43-44-46-48-50-52-54-56-58-60-63-66-69-75(78)81-72-73(71-80-74(77)68-65-62-12-9-6-3)82-76(79)70-67-64-61-59-57-55-53-51-49-47-45-42-32-30-28-26-24-22-20-18-16-14-11-8-5-2/h20,22,26,28,32,42,73H,4-19,21,23-25,27,29-31,33-41,43-72H2,1-3H3/b22-20-,28-26-,42-32-. The Morgan fingerprint density at radius 3 is 0.683 bits per heavy atom. The van der Waals surface area contributed by atoms with Gasteiger partial charge in [-0.3, -0.25) is 14.4 Å². The molecule has 6 heteroatoms. The van der Waals surface area contributed by atoms with E-state index in [0.29, 0.717) is 19.3 Å². The minimum atomic E-state index is -0.770. The van der Waals surface area contributed by atoms with E-state index in [9.17, 15) is 14.4 Å². The Balaban J connectivity index is 3.88. The van der Waals surface area contributed by atoms with Gasteiger partial charge in [-0.1, -0.05) is 372 Å². The van der Waals surface area contributed by atoms with Crippen molar-refractivity contribution in [1.82, 2.24) is 0 Å². The van der Waals surface area contributed by atoms with Gasteiger partial charge >= 0.3 is 17.9 Å². The summed E-state index contributed by atoms with van der Waals surface area (Å²) in [5.41, 5.74) is 0. The van der Waals surface area contributed by atoms with Gasteiger partial charge in [0.15, 0.2) is 6.10 Å². The summed E-state index contributed by atoms with van der Waals surface area (Å²) in [6.07, 6.45) is 89.7. The van der Waals surface area contributed by atoms with Crippen LogP contribution in [0.1, 0.15) is 412 Å². The van der Waals surface area contributed by atoms with Gasteiger partial charge in [-0.2, -0.15) is 0 Å². The van der Waals surface area contributed by atoms with E-state index in [-0.39, 0.29) is 31.1 Å². The Bertz CT molecular complexity index is 1370. The highest BCUT2D eigenvalue weighted by Gasteiger charge is 2.19. The second-order valence-electron chi connectivity index (χ2n) is 25.2. The molecule has 0 N–H and O–H groups in total. The predicted molar refractivity (Wildman–Crippen MR) is 358 cm³/mol. The summed E-state index contributed by atoms with van der Waals surface area (Å²) in [5, 5.41) is 0. The van der Waals surface area contributed by atoms with Crippen molar-refractivity contribution in [2.24, 2.45) is 0 Å². The number of unbranched alkanes of at least 4 members (excludes halogenated alkanes) is 52. The lowest BCUT2D eigenvalue weighted by molar-refractivity contribution is -0.167. The molecule has 0 amide bonds. The first kappa shape index (κ1) is 79.6. The van der Waals surface area contributed by atoms with Gasteiger partial charge in [0.1, 0.15) is 13.2 Å². The molecule has 0 radical (unpaired) electrons. The van der Waals surface area contributed by atoms with Gasteiger partial charge in [0.25, 0.3) is 0 Å². The Labute approximate surface area is 512 Å². The zero-order valence-electron chi connectivity index (χ0n) is 55.5. The van der Waals surface area contributed by atoms with Crippen molar-refractivity contribution in [3.8, 4) is 0 Å². The van der Waals surface area contributed by atoms with Gasteiger partial charge < -0.3 is 14.2 Å². The largest absolute Gasteiger partial charge is 0.462 e. The number of rotatable bonds is 69. The molecule has 0 aliphatic rings. The first-order valence-corrected chi connectivity index (χ1v) is 37.0. The van der Waals surface area contributed by atoms with Gasteiger partial charge in [-0.25, -0.2) is 0 Å². The molecule has 0 spiro atoms. The molecule has 0 aliphatic carbocycles. The normalized spacial score (nSPS) is 12.2. The molecule has 1 unspecified atom stereocenters. The van der Waals surface area contributed by atoms with Crippen molar-refractivity contribution < 1.29 is 28.6 Å². The van der Waals surface area contributed by atoms with Crippen LogP contribution in [0.2, 0.25) is 0 Å². The van der Waals surface area contributed by atoms with Crippen molar-refractivity contribution in [1.29, 1.82) is 0 Å². The molecule has 0 aromatic heterocycles. The van der Waals surface area contributed by atoms with Crippen LogP contribution in [0, 0.1) is 0 Å². The maximum absolute atomic E-state index is 12.9. The zero-order valence-corrected chi connectivity index (χ0v) is 55.5. The second kappa shape index (κ2) is 71.1. The molecule has 0 fully saturated rings. The quantitative estimate of drug-likeness (QED) is 0.0261. The maximum atomic E-state index is 12.9. The number of hydrogen-bond acceptors (Lipinski definition) is 6. The molecule has 0 aliphatic heterocycles. The van der Waals surface area contributed by atoms with Crippen LogP contribution < -0.4 is 0 Å². The van der Waals surface area contributed by atoms with Crippen LogP contribution in [-0.4, -0.2) is 37.2 Å². The maximum Gasteiger partial charge on any atom is 0.306 e. The van der Waals surface area contributed by atoms with Gasteiger partial charge in [-0.05, 0) is 57.8 Å². The van der Waals surface area contributed by atoms with E-state index in [1.807, 2.05) is 0 Å². The molecule has 82 heavy (non-hydrogen) atoms. The van der Waals surface area contributed by atoms with E-state index in [4.69, 9.17) is 14.2 Å². The predicted octanol–water partition coefficient (Wildman–Crippen LogP) is 25.5. The van der Waals surface area contributed by atoms with E-state index >= 15 is 0 Å². The van der Waals surface area contributed by atoms with Crippen LogP contribution in [0.4, 0.5) is 0 Å². The molecule has 6 nitrogen and oxygen atoms in total. The van der Waals surface area contributed by atoms with Crippen molar-refractivity contribution >= 4 is 17.9 Å². The number of allylic oxidation sites excluding steroid dienone is 6. The monoisotopic (exact) mass is 1150 g/mol. The van der Waals surface area contributed by atoms with Crippen LogP contribution in [0.3, 0.4) is 0 Å². The first-order chi connectivity index (χ1) is 40.5. The lowest BCUT2D eigenvalue weighted by Gasteiger charge is -2.18. The summed E-state index contributed by atoms with van der Waals surface area (Å²) < 4.78 is 16.8. The third-order valence-electron chi connectivity index (χ3n) is 16.9. The van der Waals surface area contributed by atoms with Crippen LogP contribution in [0.5, 0.6) is 0 Å². The highest BCUT2D eigenvalue weighted by Crippen LogP contribution is 2.19. The summed E-state index contributed by atoms with van der Waals surface area (Å²) in [6.45, 7) is 6.61. The Morgan fingerprint density at radius 1 is 0.244 bits per heavy atom. The molecule has 0 rings (SSSR count). The van der Waals surface area contributed by atoms with Crippen molar-refractivity contribution in [2.45, 2.75) is 419 Å². The Hall–Kier alpha value is -2.37. The third-order valence-corrected chi connectivity index (χ3v) is 16.9. The van der Waals surface area contributed by atoms with Gasteiger partial charge in [0.05, 0.1) is 0 Å². The van der Waals surface area contributed by atoms with Crippen LogP contribution in [-0.2, 0) is 28.6 Å². The fourth-order valence-electron chi connectivity index (χ4n) is 11.3. The Kier molecular flexibility index (Phi) is 69.1. The topological polar surface area (TPSA) is 78.9 Å². The highest BCUT2D eigenvalue weighted by molar-refractivity contribution is 5.71. The molecule has 0 bridgehead atoms. The molecular weight excluding hydrogens is 1010 g/mol. The minimum absolute atomic E-state index is 0.0695. The van der Waals surface area contributed by atoms with Crippen LogP contribution >= 0.6 is 0 Å². The Morgan fingerprint density at radius 2 is 0.439 bits per heavy atom. The highest BCUT2D eigenvalue weighted by atomic mass is 16.6. The zero-order chi connectivity index (χ0) is 59.2. The van der Waals surface area contributed by atoms with E-state index in [2.05, 4.69) is 57.2 Å². The van der Waals surface area contributed by atoms with Crippen molar-refractivity contribution in [3.63, 3.8) is 0 Å². The van der Waals surface area contributed by atoms with Crippen LogP contribution in [0.25, 0.3) is 0 Å². The molecule has 0 aromatic carbocycles. The molecule has 0 saturated carbocycles. The third kappa shape index (κ3) is 68.4. The van der Waals surface area contributed by atoms with E-state index in [1.165, 1.54) is 295 Å². The lowest BCUT2D eigenvalue weighted by Crippen LogP contribution is -2.30. The van der Waals surface area contributed by atoms with Crippen molar-refractivity contribution in [3.05, 3.63) is 36.5 Å². The van der Waals surface area contributed by atoms with Crippen molar-refractivity contribution in [2.75, 3.05) is 13.2 Å². The van der Waals surface area contributed by atoms with E-state index < -0.39 is 6.10 Å². The second-order valence-corrected chi connectivity index (χ2v) is 25.2. The first-order valence-electron chi connectivity index (χ1n) is 37.0. The smallest absolute Gasteiger partial charge is 0.306 e. The number of carbonyl (C=O) groups is 3. The number of carbonyl (C=O) groups excluding carboxylic acids is 3. The van der Waals surface area contributed by atoms with E-state index in [0.717, 1.165) is 77.0 Å². The van der Waals surface area contributed by atoms with Gasteiger partial charge in [0.2, 0.25) is 0 Å². The summed E-state index contributed by atoms with van der Waals surface area (Å²) in [5.74, 6) is -0.863. The molecule has 0 heterocycles. The molecule has 1 atom stereocenters. The fourth-order valence-corrected chi connectivity index (χ4v) is 11.3. The molecular formula is C76H142O6. The summed E-state index contributed by atoms with van der Waals surface area (Å²) in [7, 11) is 0. The average molecular weight is 1150 g/mol. The van der Waals surface area contributed by atoms with E-state index in [1.54, 1.807) is 0 Å². The van der Waals surface area contributed by atoms with Gasteiger partial charge in [0, 0.05) is 19.3 Å². The average Bonchev–Trinajstić information content (AvgIpc) is 3.47. The molecule has 0 saturated heterocycles. The molecule has 0 aromatic rings. The van der Waals surface area contributed by atoms with Crippen LogP contribution in [0.15, 0.2) is 36.5 Å². The van der Waals surface area contributed by atoms with Gasteiger partial charge in [-0.15, -0.1) is 0 Å². The summed E-state index contributed by atoms with van der Waals surface area (Å²) in [4.78, 5) is 38.0. The SMILES string of the molecule is CCCCCCC/C=C\C/C=C\C/C=C\CCCCCCCCCCCCC(=O)OC(COC(=O)CCCCCCC)COC(=O)CCCCCCCCCCCCCCCCCCCCCCCCCCCCCCCCCCCC. The number of esters is 3. The number of hydrogen-bond donors (Lipinski definition) is 0. The fraction of sp³-hybridized carbons (Fsp3) is 0.882.